The lowest BCUT2D eigenvalue weighted by atomic mass is 9.81. The summed E-state index contributed by atoms with van der Waals surface area (Å²) in [7, 11) is 0. The normalized spacial score (nSPS) is 39.5. The van der Waals surface area contributed by atoms with Gasteiger partial charge in [-0.15, -0.1) is 0 Å². The number of hydrogen-bond donors (Lipinski definition) is 6. The molecule has 2 aliphatic heterocycles. The van der Waals surface area contributed by atoms with Crippen LogP contribution in [0.3, 0.4) is 0 Å². The van der Waals surface area contributed by atoms with E-state index in [0.29, 0.717) is 11.8 Å². The maximum atomic E-state index is 12.5. The number of hydrogen-bond acceptors (Lipinski definition) is 12. The van der Waals surface area contributed by atoms with Crippen LogP contribution in [0.25, 0.3) is 6.08 Å². The van der Waals surface area contributed by atoms with Gasteiger partial charge in [-0.05, 0) is 37.1 Å². The first kappa shape index (κ1) is 27.2. The van der Waals surface area contributed by atoms with E-state index in [1.165, 1.54) is 31.2 Å². The van der Waals surface area contributed by atoms with Gasteiger partial charge in [-0.1, -0.05) is 12.1 Å². The van der Waals surface area contributed by atoms with Gasteiger partial charge in [0, 0.05) is 17.6 Å². The van der Waals surface area contributed by atoms with Crippen LogP contribution in [0.1, 0.15) is 18.9 Å². The molecule has 12 heteroatoms. The molecule has 2 heterocycles. The highest BCUT2D eigenvalue weighted by Crippen LogP contribution is 2.50. The minimum Gasteiger partial charge on any atom is -0.508 e. The smallest absolute Gasteiger partial charge is 0.331 e. The largest absolute Gasteiger partial charge is 0.508 e. The number of benzene rings is 1. The molecule has 6 N–H and O–H groups in total. The van der Waals surface area contributed by atoms with E-state index in [2.05, 4.69) is 0 Å². The number of rotatable bonds is 7. The number of carbonyl (C=O) groups excluding carboxylic acids is 2. The van der Waals surface area contributed by atoms with Crippen molar-refractivity contribution >= 4 is 18.3 Å². The zero-order valence-corrected chi connectivity index (χ0v) is 19.9. The van der Waals surface area contributed by atoms with Crippen molar-refractivity contribution in [1.82, 2.24) is 0 Å². The van der Waals surface area contributed by atoms with Gasteiger partial charge in [0.1, 0.15) is 48.2 Å². The average Bonchev–Trinajstić information content (AvgIpc) is 3.14. The molecule has 1 saturated heterocycles. The minimum absolute atomic E-state index is 0.0684. The second-order valence-electron chi connectivity index (χ2n) is 9.52. The molecular formula is C25H30O12. The third-order valence-electron chi connectivity index (χ3n) is 7.10. The highest BCUT2D eigenvalue weighted by Gasteiger charge is 2.60. The van der Waals surface area contributed by atoms with E-state index < -0.39 is 73.1 Å². The third-order valence-corrected chi connectivity index (χ3v) is 7.10. The van der Waals surface area contributed by atoms with Crippen molar-refractivity contribution in [2.24, 2.45) is 11.8 Å². The molecule has 1 aromatic carbocycles. The Morgan fingerprint density at radius 2 is 1.84 bits per heavy atom. The molecule has 0 spiro atoms. The summed E-state index contributed by atoms with van der Waals surface area (Å²) < 4.78 is 22.2. The Bertz CT molecular complexity index is 1030. The van der Waals surface area contributed by atoms with E-state index in [-0.39, 0.29) is 17.7 Å². The number of aromatic hydroxyl groups is 1. The van der Waals surface area contributed by atoms with Crippen LogP contribution < -0.4 is 0 Å². The molecular weight excluding hydrogens is 492 g/mol. The average molecular weight is 523 g/mol. The van der Waals surface area contributed by atoms with Crippen LogP contribution in [0.5, 0.6) is 5.75 Å². The topological polar surface area (TPSA) is 192 Å². The lowest BCUT2D eigenvalue weighted by Crippen LogP contribution is -2.61. The second kappa shape index (κ2) is 10.9. The molecule has 1 saturated carbocycles. The Labute approximate surface area is 212 Å². The number of esters is 1. The summed E-state index contributed by atoms with van der Waals surface area (Å²) in [5.41, 5.74) is -0.917. The molecule has 1 aliphatic carbocycles. The standard InChI is InChI=1S/C25H30O12/c1-25(33)17(36-18(29)7-4-12-2-5-14(28)6-3-12)8-15-13(9-26)11-34-23(19(15)25)37-24-22(32)21(31)20(30)16(10-27)35-24/h2-7,9,11,15-17,19-24,27-28,30-33H,8,10H2,1H3/t15-,16-,17+,19-,20-,21+,22-,23+,24+,25+/m1/s1. The van der Waals surface area contributed by atoms with Gasteiger partial charge < -0.3 is 49.6 Å². The molecule has 4 rings (SSSR count). The van der Waals surface area contributed by atoms with Crippen LogP contribution in [0, 0.1) is 11.8 Å². The highest BCUT2D eigenvalue weighted by molar-refractivity contribution is 5.87. The van der Waals surface area contributed by atoms with E-state index in [4.69, 9.17) is 18.9 Å². The number of aldehydes is 1. The van der Waals surface area contributed by atoms with Crippen LogP contribution >= 0.6 is 0 Å². The van der Waals surface area contributed by atoms with Gasteiger partial charge in [0.05, 0.1) is 18.8 Å². The predicted octanol–water partition coefficient (Wildman–Crippen LogP) is -1.04. The van der Waals surface area contributed by atoms with Gasteiger partial charge in [0.2, 0.25) is 6.29 Å². The number of fused-ring (bicyclic) bond motifs is 1. The number of phenolic OH excluding ortho intramolecular Hbond substituents is 1. The Morgan fingerprint density at radius 3 is 2.49 bits per heavy atom. The van der Waals surface area contributed by atoms with Crippen LogP contribution in [-0.4, -0.2) is 98.2 Å². The van der Waals surface area contributed by atoms with Gasteiger partial charge in [-0.25, -0.2) is 4.79 Å². The Balaban J connectivity index is 1.50. The molecule has 202 valence electrons. The zero-order chi connectivity index (χ0) is 26.9. The monoisotopic (exact) mass is 522 g/mol. The SMILES string of the molecule is C[C@@]1(O)[C@H]2[C@H](O[C@@H]3O[C@H](CO)[C@@H](O)[C@H](O)[C@H]3O)OC=C(C=O)[C@H]2C[C@@H]1OC(=O)C=Cc1ccc(O)cc1. The molecule has 1 aromatic rings. The number of aliphatic hydroxyl groups is 5. The van der Waals surface area contributed by atoms with E-state index in [1.807, 2.05) is 0 Å². The van der Waals surface area contributed by atoms with Crippen molar-refractivity contribution in [2.45, 2.75) is 62.0 Å². The molecule has 0 unspecified atom stereocenters. The zero-order valence-electron chi connectivity index (χ0n) is 19.9. The van der Waals surface area contributed by atoms with Crippen molar-refractivity contribution in [3.05, 3.63) is 47.7 Å². The molecule has 0 aromatic heterocycles. The van der Waals surface area contributed by atoms with E-state index in [1.54, 1.807) is 12.1 Å². The van der Waals surface area contributed by atoms with Gasteiger partial charge >= 0.3 is 5.97 Å². The van der Waals surface area contributed by atoms with Crippen molar-refractivity contribution < 1.29 is 59.2 Å². The lowest BCUT2D eigenvalue weighted by molar-refractivity contribution is -0.347. The van der Waals surface area contributed by atoms with Crippen LogP contribution in [0.15, 0.2) is 42.2 Å². The maximum Gasteiger partial charge on any atom is 0.331 e. The Hall–Kier alpha value is -2.84. The molecule has 0 radical (unpaired) electrons. The molecule has 10 atom stereocenters. The first-order chi connectivity index (χ1) is 17.6. The Kier molecular flexibility index (Phi) is 7.99. The van der Waals surface area contributed by atoms with E-state index >= 15 is 0 Å². The molecule has 0 amide bonds. The van der Waals surface area contributed by atoms with Gasteiger partial charge in [0.15, 0.2) is 6.29 Å². The summed E-state index contributed by atoms with van der Waals surface area (Å²) in [5, 5.41) is 60.6. The summed E-state index contributed by atoms with van der Waals surface area (Å²) in [6.45, 7) is 0.741. The van der Waals surface area contributed by atoms with E-state index in [9.17, 15) is 40.2 Å². The molecule has 0 bridgehead atoms. The number of carbonyl (C=O) groups is 2. The van der Waals surface area contributed by atoms with Crippen molar-refractivity contribution in [3.8, 4) is 5.75 Å². The summed E-state index contributed by atoms with van der Waals surface area (Å²) in [6, 6.07) is 6.11. The molecule has 3 aliphatic rings. The van der Waals surface area contributed by atoms with Gasteiger partial charge in [-0.3, -0.25) is 4.79 Å². The molecule has 2 fully saturated rings. The van der Waals surface area contributed by atoms with Crippen LogP contribution in [0.2, 0.25) is 0 Å². The first-order valence-corrected chi connectivity index (χ1v) is 11.7. The fraction of sp³-hybridized carbons (Fsp3) is 0.520. The van der Waals surface area contributed by atoms with Gasteiger partial charge in [-0.2, -0.15) is 0 Å². The minimum atomic E-state index is -1.76. The number of aliphatic hydroxyl groups excluding tert-OH is 4. The number of phenols is 1. The fourth-order valence-electron chi connectivity index (χ4n) is 5.00. The summed E-state index contributed by atoms with van der Waals surface area (Å²) >= 11 is 0. The number of ether oxygens (including phenoxy) is 4. The summed E-state index contributed by atoms with van der Waals surface area (Å²) in [6.07, 6.45) is -5.69. The van der Waals surface area contributed by atoms with Crippen molar-refractivity contribution in [1.29, 1.82) is 0 Å². The number of allylic oxidation sites excluding steroid dienone is 1. The quantitative estimate of drug-likeness (QED) is 0.145. The van der Waals surface area contributed by atoms with Crippen molar-refractivity contribution in [2.75, 3.05) is 6.61 Å². The maximum absolute atomic E-state index is 12.5. The molecule has 12 nitrogen and oxygen atoms in total. The summed E-state index contributed by atoms with van der Waals surface area (Å²) in [4.78, 5) is 24.2. The highest BCUT2D eigenvalue weighted by atomic mass is 16.8. The van der Waals surface area contributed by atoms with Gasteiger partial charge in [0.25, 0.3) is 0 Å². The Morgan fingerprint density at radius 1 is 1.14 bits per heavy atom. The lowest BCUT2D eigenvalue weighted by Gasteiger charge is -2.44. The third kappa shape index (κ3) is 5.41. The van der Waals surface area contributed by atoms with E-state index in [0.717, 1.165) is 6.26 Å². The predicted molar refractivity (Wildman–Crippen MR) is 123 cm³/mol. The first-order valence-electron chi connectivity index (χ1n) is 11.7. The summed E-state index contributed by atoms with van der Waals surface area (Å²) in [5.74, 6) is -2.27. The fourth-order valence-corrected chi connectivity index (χ4v) is 5.00. The van der Waals surface area contributed by atoms with Crippen LogP contribution in [0.4, 0.5) is 0 Å². The second-order valence-corrected chi connectivity index (χ2v) is 9.52. The van der Waals surface area contributed by atoms with Crippen LogP contribution in [-0.2, 0) is 28.5 Å². The molecule has 37 heavy (non-hydrogen) atoms. The van der Waals surface area contributed by atoms with Crippen molar-refractivity contribution in [3.63, 3.8) is 0 Å².